The summed E-state index contributed by atoms with van der Waals surface area (Å²) in [7, 11) is 1.95. The SMILES string of the molecule is Cc1cc(-c2cn(C)nc2C2CCC(CNC(=O)[C@@H](C)c3ccccc3)CC2)on1. The van der Waals surface area contributed by atoms with Crippen molar-refractivity contribution in [3.05, 3.63) is 59.5 Å². The largest absolute Gasteiger partial charge is 0.356 e. The summed E-state index contributed by atoms with van der Waals surface area (Å²) in [4.78, 5) is 12.5. The maximum Gasteiger partial charge on any atom is 0.227 e. The van der Waals surface area contributed by atoms with Crippen LogP contribution in [0.1, 0.15) is 61.4 Å². The lowest BCUT2D eigenvalue weighted by Gasteiger charge is -2.28. The first-order chi connectivity index (χ1) is 14.5. The van der Waals surface area contributed by atoms with Gasteiger partial charge in [0, 0.05) is 31.8 Å². The van der Waals surface area contributed by atoms with Crippen LogP contribution in [-0.4, -0.2) is 27.4 Å². The number of aromatic nitrogens is 3. The van der Waals surface area contributed by atoms with Gasteiger partial charge in [-0.3, -0.25) is 9.48 Å². The molecule has 4 rings (SSSR count). The van der Waals surface area contributed by atoms with Crippen LogP contribution < -0.4 is 5.32 Å². The van der Waals surface area contributed by atoms with Gasteiger partial charge in [0.05, 0.1) is 22.9 Å². The molecule has 0 radical (unpaired) electrons. The molecule has 0 spiro atoms. The molecule has 1 aromatic carbocycles. The third-order valence-electron chi connectivity index (χ3n) is 6.24. The van der Waals surface area contributed by atoms with E-state index < -0.39 is 0 Å². The number of benzene rings is 1. The van der Waals surface area contributed by atoms with Crippen molar-refractivity contribution in [3.63, 3.8) is 0 Å². The van der Waals surface area contributed by atoms with Gasteiger partial charge in [-0.25, -0.2) is 0 Å². The summed E-state index contributed by atoms with van der Waals surface area (Å²) in [5, 5.41) is 11.9. The van der Waals surface area contributed by atoms with Gasteiger partial charge in [0.1, 0.15) is 0 Å². The van der Waals surface area contributed by atoms with E-state index in [1.54, 1.807) is 0 Å². The molecule has 2 aromatic heterocycles. The first-order valence-corrected chi connectivity index (χ1v) is 10.8. The lowest BCUT2D eigenvalue weighted by Crippen LogP contribution is -2.33. The van der Waals surface area contributed by atoms with Crippen molar-refractivity contribution in [1.29, 1.82) is 0 Å². The predicted octanol–water partition coefficient (Wildman–Crippen LogP) is 4.58. The van der Waals surface area contributed by atoms with Crippen molar-refractivity contribution < 1.29 is 9.32 Å². The van der Waals surface area contributed by atoms with E-state index in [0.29, 0.717) is 11.8 Å². The number of rotatable bonds is 6. The predicted molar refractivity (Wildman–Crippen MR) is 116 cm³/mol. The van der Waals surface area contributed by atoms with Crippen molar-refractivity contribution >= 4 is 5.91 Å². The van der Waals surface area contributed by atoms with Crippen LogP contribution in [0.2, 0.25) is 0 Å². The lowest BCUT2D eigenvalue weighted by molar-refractivity contribution is -0.122. The molecule has 1 aliphatic carbocycles. The molecule has 30 heavy (non-hydrogen) atoms. The van der Waals surface area contributed by atoms with Gasteiger partial charge in [-0.2, -0.15) is 5.10 Å². The van der Waals surface area contributed by atoms with Crippen molar-refractivity contribution in [1.82, 2.24) is 20.3 Å². The van der Waals surface area contributed by atoms with Crippen LogP contribution in [0.3, 0.4) is 0 Å². The van der Waals surface area contributed by atoms with Gasteiger partial charge in [0.25, 0.3) is 0 Å². The summed E-state index contributed by atoms with van der Waals surface area (Å²) in [5.74, 6) is 1.72. The van der Waals surface area contributed by atoms with Crippen LogP contribution in [0.4, 0.5) is 0 Å². The Bertz CT molecular complexity index is 984. The van der Waals surface area contributed by atoms with Crippen molar-refractivity contribution in [2.24, 2.45) is 13.0 Å². The number of carbonyl (C=O) groups excluding carboxylic acids is 1. The van der Waals surface area contributed by atoms with Crippen LogP contribution in [0, 0.1) is 12.8 Å². The van der Waals surface area contributed by atoms with E-state index in [0.717, 1.165) is 60.5 Å². The molecule has 2 heterocycles. The van der Waals surface area contributed by atoms with Crippen molar-refractivity contribution in [2.45, 2.75) is 51.4 Å². The Balaban J connectivity index is 1.32. The van der Waals surface area contributed by atoms with Gasteiger partial charge < -0.3 is 9.84 Å². The smallest absolute Gasteiger partial charge is 0.227 e. The second-order valence-electron chi connectivity index (χ2n) is 8.53. The molecule has 0 unspecified atom stereocenters. The van der Waals surface area contributed by atoms with E-state index in [1.165, 1.54) is 0 Å². The molecule has 6 nitrogen and oxygen atoms in total. The van der Waals surface area contributed by atoms with Gasteiger partial charge in [0.15, 0.2) is 5.76 Å². The number of carbonyl (C=O) groups is 1. The van der Waals surface area contributed by atoms with E-state index in [9.17, 15) is 4.79 Å². The molecule has 1 saturated carbocycles. The topological polar surface area (TPSA) is 73.0 Å². The lowest BCUT2D eigenvalue weighted by atomic mass is 9.79. The van der Waals surface area contributed by atoms with Gasteiger partial charge >= 0.3 is 0 Å². The Morgan fingerprint density at radius 1 is 1.23 bits per heavy atom. The highest BCUT2D eigenvalue weighted by atomic mass is 16.5. The number of amides is 1. The first kappa shape index (κ1) is 20.4. The number of hydrogen-bond acceptors (Lipinski definition) is 4. The van der Waals surface area contributed by atoms with E-state index in [-0.39, 0.29) is 11.8 Å². The van der Waals surface area contributed by atoms with Crippen molar-refractivity contribution in [3.8, 4) is 11.3 Å². The van der Waals surface area contributed by atoms with Crippen LogP contribution in [0.15, 0.2) is 47.1 Å². The Kier molecular flexibility index (Phi) is 6.02. The first-order valence-electron chi connectivity index (χ1n) is 10.8. The Hall–Kier alpha value is -2.89. The Labute approximate surface area is 177 Å². The van der Waals surface area contributed by atoms with Crippen LogP contribution in [-0.2, 0) is 11.8 Å². The maximum atomic E-state index is 12.5. The summed E-state index contributed by atoms with van der Waals surface area (Å²) < 4.78 is 7.35. The fourth-order valence-electron chi connectivity index (χ4n) is 4.42. The zero-order valence-corrected chi connectivity index (χ0v) is 18.0. The highest BCUT2D eigenvalue weighted by molar-refractivity contribution is 5.83. The van der Waals surface area contributed by atoms with Gasteiger partial charge in [-0.15, -0.1) is 0 Å². The van der Waals surface area contributed by atoms with Gasteiger partial charge in [0.2, 0.25) is 5.91 Å². The standard InChI is InChI=1S/C24H30N4O2/c1-16-13-22(30-27-16)21-15-28(3)26-23(21)20-11-9-18(10-12-20)14-25-24(29)17(2)19-7-5-4-6-8-19/h4-8,13,15,17-18,20H,9-12,14H2,1-3H3,(H,25,29)/t17-,18?,20?/m0/s1. The highest BCUT2D eigenvalue weighted by Crippen LogP contribution is 2.39. The molecular formula is C24H30N4O2. The second kappa shape index (κ2) is 8.86. The molecule has 0 bridgehead atoms. The Morgan fingerprint density at radius 3 is 2.63 bits per heavy atom. The zero-order chi connectivity index (χ0) is 21.1. The van der Waals surface area contributed by atoms with E-state index in [4.69, 9.17) is 9.62 Å². The van der Waals surface area contributed by atoms with Crippen LogP contribution in [0.5, 0.6) is 0 Å². The molecule has 1 atom stereocenters. The molecular weight excluding hydrogens is 376 g/mol. The fourth-order valence-corrected chi connectivity index (χ4v) is 4.42. The van der Waals surface area contributed by atoms with Gasteiger partial charge in [-0.05, 0) is 51.0 Å². The van der Waals surface area contributed by atoms with Crippen molar-refractivity contribution in [2.75, 3.05) is 6.54 Å². The molecule has 0 saturated heterocycles. The fraction of sp³-hybridized carbons (Fsp3) is 0.458. The molecule has 6 heteroatoms. The maximum absolute atomic E-state index is 12.5. The minimum atomic E-state index is -0.121. The summed E-state index contributed by atoms with van der Waals surface area (Å²) >= 11 is 0. The summed E-state index contributed by atoms with van der Waals surface area (Å²) in [6.07, 6.45) is 6.36. The minimum Gasteiger partial charge on any atom is -0.356 e. The number of aryl methyl sites for hydroxylation is 2. The summed E-state index contributed by atoms with van der Waals surface area (Å²) in [6, 6.07) is 11.9. The van der Waals surface area contributed by atoms with Crippen LogP contribution >= 0.6 is 0 Å². The minimum absolute atomic E-state index is 0.107. The quantitative estimate of drug-likeness (QED) is 0.650. The van der Waals surface area contributed by atoms with E-state index in [2.05, 4.69) is 10.5 Å². The molecule has 1 fully saturated rings. The second-order valence-corrected chi connectivity index (χ2v) is 8.53. The number of hydrogen-bond donors (Lipinski definition) is 1. The monoisotopic (exact) mass is 406 g/mol. The third kappa shape index (κ3) is 4.48. The van der Waals surface area contributed by atoms with Crippen LogP contribution in [0.25, 0.3) is 11.3 Å². The average Bonchev–Trinajstić information content (AvgIpc) is 3.37. The van der Waals surface area contributed by atoms with Gasteiger partial charge in [-0.1, -0.05) is 35.5 Å². The number of nitrogens with one attached hydrogen (secondary N) is 1. The summed E-state index contributed by atoms with van der Waals surface area (Å²) in [6.45, 7) is 4.65. The molecule has 1 N–H and O–H groups in total. The molecule has 0 aliphatic heterocycles. The zero-order valence-electron chi connectivity index (χ0n) is 18.0. The Morgan fingerprint density at radius 2 is 1.97 bits per heavy atom. The normalized spacial score (nSPS) is 20.1. The average molecular weight is 407 g/mol. The van der Waals surface area contributed by atoms with E-state index in [1.807, 2.05) is 68.2 Å². The molecule has 1 amide bonds. The molecule has 1 aliphatic rings. The molecule has 3 aromatic rings. The number of nitrogens with zero attached hydrogens (tertiary/aromatic N) is 3. The van der Waals surface area contributed by atoms with E-state index >= 15 is 0 Å². The summed E-state index contributed by atoms with van der Waals surface area (Å²) in [5.41, 5.74) is 4.09. The highest BCUT2D eigenvalue weighted by Gasteiger charge is 2.28. The molecule has 158 valence electrons. The third-order valence-corrected chi connectivity index (χ3v) is 6.24.